The second-order valence-electron chi connectivity index (χ2n) is 4.92. The van der Waals surface area contributed by atoms with Crippen molar-refractivity contribution in [3.8, 4) is 6.07 Å². The SMILES string of the molecule is C[C@]1(O)CCC[C@@]2(C#N)CCC[C@H]21. The summed E-state index contributed by atoms with van der Waals surface area (Å²) in [5.41, 5.74) is -0.758. The standard InChI is InChI=1S/C11H17NO/c1-10(13)5-3-7-11(8-12)6-2-4-9(10)11/h9,13H,2-7H2,1H3/t9-,10-,11+/m0/s1. The average molecular weight is 179 g/mol. The van der Waals surface area contributed by atoms with Gasteiger partial charge in [0.15, 0.2) is 0 Å². The monoisotopic (exact) mass is 179 g/mol. The topological polar surface area (TPSA) is 44.0 Å². The lowest BCUT2D eigenvalue weighted by Crippen LogP contribution is -2.45. The highest BCUT2D eigenvalue weighted by Gasteiger charge is 2.53. The zero-order valence-corrected chi connectivity index (χ0v) is 8.21. The molecule has 0 aromatic carbocycles. The molecule has 2 fully saturated rings. The molecule has 0 unspecified atom stereocenters. The molecule has 0 saturated heterocycles. The van der Waals surface area contributed by atoms with Crippen LogP contribution in [0.3, 0.4) is 0 Å². The Labute approximate surface area is 79.6 Å². The van der Waals surface area contributed by atoms with Gasteiger partial charge in [0, 0.05) is 5.92 Å². The Morgan fingerprint density at radius 2 is 2.00 bits per heavy atom. The third-order valence-corrected chi connectivity index (χ3v) is 4.06. The first-order valence-corrected chi connectivity index (χ1v) is 5.24. The van der Waals surface area contributed by atoms with Crippen LogP contribution in [0, 0.1) is 22.7 Å². The van der Waals surface area contributed by atoms with Crippen LogP contribution in [0.1, 0.15) is 45.4 Å². The van der Waals surface area contributed by atoms with Crippen LogP contribution in [0.25, 0.3) is 0 Å². The number of hydrogen-bond donors (Lipinski definition) is 1. The maximum atomic E-state index is 10.2. The van der Waals surface area contributed by atoms with E-state index in [1.165, 1.54) is 0 Å². The number of nitriles is 1. The fraction of sp³-hybridized carbons (Fsp3) is 0.909. The molecular formula is C11H17NO. The molecule has 2 aliphatic rings. The molecule has 0 aromatic rings. The number of nitrogens with zero attached hydrogens (tertiary/aromatic N) is 1. The lowest BCUT2D eigenvalue weighted by Gasteiger charge is -2.43. The van der Waals surface area contributed by atoms with Crippen LogP contribution in [-0.4, -0.2) is 10.7 Å². The molecular weight excluding hydrogens is 162 g/mol. The van der Waals surface area contributed by atoms with Crippen LogP contribution < -0.4 is 0 Å². The van der Waals surface area contributed by atoms with Crippen molar-refractivity contribution in [3.05, 3.63) is 0 Å². The molecule has 2 aliphatic carbocycles. The molecule has 1 N–H and O–H groups in total. The van der Waals surface area contributed by atoms with E-state index >= 15 is 0 Å². The van der Waals surface area contributed by atoms with E-state index in [0.717, 1.165) is 38.5 Å². The van der Waals surface area contributed by atoms with E-state index in [1.807, 2.05) is 6.92 Å². The molecule has 13 heavy (non-hydrogen) atoms. The smallest absolute Gasteiger partial charge is 0.0693 e. The molecule has 0 aromatic heterocycles. The molecule has 2 saturated carbocycles. The zero-order valence-electron chi connectivity index (χ0n) is 8.21. The van der Waals surface area contributed by atoms with Crippen molar-refractivity contribution in [1.29, 1.82) is 5.26 Å². The molecule has 0 heterocycles. The van der Waals surface area contributed by atoms with Gasteiger partial charge in [0.1, 0.15) is 0 Å². The second-order valence-corrected chi connectivity index (χ2v) is 4.92. The summed E-state index contributed by atoms with van der Waals surface area (Å²) in [6.45, 7) is 1.91. The maximum Gasteiger partial charge on any atom is 0.0693 e. The van der Waals surface area contributed by atoms with Crippen molar-refractivity contribution < 1.29 is 5.11 Å². The van der Waals surface area contributed by atoms with Crippen molar-refractivity contribution in [2.24, 2.45) is 11.3 Å². The molecule has 3 atom stereocenters. The van der Waals surface area contributed by atoms with E-state index in [-0.39, 0.29) is 11.3 Å². The molecule has 2 heteroatoms. The minimum atomic E-state index is -0.579. The first kappa shape index (κ1) is 9.02. The number of rotatable bonds is 0. The summed E-state index contributed by atoms with van der Waals surface area (Å²) in [5, 5.41) is 19.4. The summed E-state index contributed by atoms with van der Waals surface area (Å²) in [5.74, 6) is 0.235. The normalized spacial score (nSPS) is 49.8. The van der Waals surface area contributed by atoms with Crippen molar-refractivity contribution >= 4 is 0 Å². The highest BCUT2D eigenvalue weighted by atomic mass is 16.3. The van der Waals surface area contributed by atoms with Crippen LogP contribution in [0.4, 0.5) is 0 Å². The van der Waals surface area contributed by atoms with Crippen LogP contribution >= 0.6 is 0 Å². The Balaban J connectivity index is 2.32. The molecule has 0 spiro atoms. The third-order valence-electron chi connectivity index (χ3n) is 4.06. The van der Waals surface area contributed by atoms with Crippen LogP contribution in [0.5, 0.6) is 0 Å². The molecule has 2 rings (SSSR count). The zero-order chi connectivity index (χ0) is 9.53. The first-order chi connectivity index (χ1) is 6.11. The molecule has 0 amide bonds. The summed E-state index contributed by atoms with van der Waals surface area (Å²) in [6.07, 6.45) is 6.06. The van der Waals surface area contributed by atoms with E-state index in [0.29, 0.717) is 0 Å². The van der Waals surface area contributed by atoms with Gasteiger partial charge in [0.25, 0.3) is 0 Å². The van der Waals surface area contributed by atoms with E-state index in [2.05, 4.69) is 6.07 Å². The van der Waals surface area contributed by atoms with Gasteiger partial charge in [0.05, 0.1) is 17.1 Å². The van der Waals surface area contributed by atoms with Gasteiger partial charge in [-0.05, 0) is 39.0 Å². The minimum absolute atomic E-state index is 0.179. The van der Waals surface area contributed by atoms with Gasteiger partial charge in [-0.2, -0.15) is 5.26 Å². The summed E-state index contributed by atoms with van der Waals surface area (Å²) in [6, 6.07) is 2.47. The highest BCUT2D eigenvalue weighted by molar-refractivity contribution is 5.13. The predicted octanol–water partition coefficient (Wildman–Crippen LogP) is 2.23. The van der Waals surface area contributed by atoms with Gasteiger partial charge in [-0.15, -0.1) is 0 Å². The predicted molar refractivity (Wildman–Crippen MR) is 49.9 cm³/mol. The molecule has 0 bridgehead atoms. The maximum absolute atomic E-state index is 10.2. The quantitative estimate of drug-likeness (QED) is 0.619. The summed E-state index contributed by atoms with van der Waals surface area (Å²) < 4.78 is 0. The molecule has 72 valence electrons. The summed E-state index contributed by atoms with van der Waals surface area (Å²) in [4.78, 5) is 0. The average Bonchev–Trinajstić information content (AvgIpc) is 2.50. The third kappa shape index (κ3) is 1.18. The molecule has 0 radical (unpaired) electrons. The number of aliphatic hydroxyl groups is 1. The van der Waals surface area contributed by atoms with Crippen molar-refractivity contribution in [3.63, 3.8) is 0 Å². The van der Waals surface area contributed by atoms with E-state index in [9.17, 15) is 10.4 Å². The van der Waals surface area contributed by atoms with E-state index in [4.69, 9.17) is 0 Å². The lowest BCUT2D eigenvalue weighted by molar-refractivity contribution is -0.0679. The fourth-order valence-corrected chi connectivity index (χ4v) is 3.40. The Morgan fingerprint density at radius 3 is 2.62 bits per heavy atom. The van der Waals surface area contributed by atoms with Gasteiger partial charge < -0.3 is 5.11 Å². The summed E-state index contributed by atoms with van der Waals surface area (Å²) in [7, 11) is 0. The Kier molecular flexibility index (Phi) is 1.89. The Morgan fingerprint density at radius 1 is 1.31 bits per heavy atom. The van der Waals surface area contributed by atoms with Crippen molar-refractivity contribution in [2.75, 3.05) is 0 Å². The van der Waals surface area contributed by atoms with Crippen LogP contribution in [0.15, 0.2) is 0 Å². The van der Waals surface area contributed by atoms with Crippen molar-refractivity contribution in [1.82, 2.24) is 0 Å². The van der Waals surface area contributed by atoms with Gasteiger partial charge >= 0.3 is 0 Å². The van der Waals surface area contributed by atoms with Crippen LogP contribution in [0.2, 0.25) is 0 Å². The highest BCUT2D eigenvalue weighted by Crippen LogP contribution is 2.55. The van der Waals surface area contributed by atoms with Crippen molar-refractivity contribution in [2.45, 2.75) is 51.0 Å². The Bertz CT molecular complexity index is 253. The lowest BCUT2D eigenvalue weighted by atomic mass is 9.62. The van der Waals surface area contributed by atoms with Gasteiger partial charge in [0.2, 0.25) is 0 Å². The van der Waals surface area contributed by atoms with E-state index in [1.54, 1.807) is 0 Å². The summed E-state index contributed by atoms with van der Waals surface area (Å²) >= 11 is 0. The van der Waals surface area contributed by atoms with Gasteiger partial charge in [-0.1, -0.05) is 6.42 Å². The van der Waals surface area contributed by atoms with Crippen LogP contribution in [-0.2, 0) is 0 Å². The van der Waals surface area contributed by atoms with E-state index < -0.39 is 5.60 Å². The largest absolute Gasteiger partial charge is 0.390 e. The number of hydrogen-bond acceptors (Lipinski definition) is 2. The van der Waals surface area contributed by atoms with Gasteiger partial charge in [-0.3, -0.25) is 0 Å². The first-order valence-electron chi connectivity index (χ1n) is 5.24. The van der Waals surface area contributed by atoms with Gasteiger partial charge in [-0.25, -0.2) is 0 Å². The molecule has 2 nitrogen and oxygen atoms in total. The second kappa shape index (κ2) is 2.72. The number of fused-ring (bicyclic) bond motifs is 1. The molecule has 0 aliphatic heterocycles. The minimum Gasteiger partial charge on any atom is -0.390 e. The fourth-order valence-electron chi connectivity index (χ4n) is 3.40. The Hall–Kier alpha value is -0.550.